The fourth-order valence-electron chi connectivity index (χ4n) is 2.83. The lowest BCUT2D eigenvalue weighted by molar-refractivity contribution is -0.116. The molecule has 0 bridgehead atoms. The monoisotopic (exact) mass is 392 g/mol. The number of nitrogens with one attached hydrogen (secondary N) is 1. The lowest BCUT2D eigenvalue weighted by Gasteiger charge is -2.13. The number of aryl methyl sites for hydroxylation is 1. The lowest BCUT2D eigenvalue weighted by atomic mass is 9.92. The van der Waals surface area contributed by atoms with E-state index in [0.717, 1.165) is 17.0 Å². The molecule has 0 aliphatic rings. The van der Waals surface area contributed by atoms with Crippen molar-refractivity contribution < 1.29 is 9.53 Å². The van der Waals surface area contributed by atoms with Crippen molar-refractivity contribution >= 4 is 11.7 Å². The summed E-state index contributed by atoms with van der Waals surface area (Å²) in [4.78, 5) is 16.9. The number of aromatic nitrogens is 3. The Morgan fingerprint density at radius 2 is 1.90 bits per heavy atom. The number of rotatable bonds is 7. The molecule has 3 rings (SSSR count). The van der Waals surface area contributed by atoms with E-state index in [1.807, 2.05) is 55.5 Å². The van der Waals surface area contributed by atoms with Gasteiger partial charge in [0.1, 0.15) is 11.6 Å². The first-order valence-corrected chi connectivity index (χ1v) is 9.85. The summed E-state index contributed by atoms with van der Waals surface area (Å²) in [6.07, 6.45) is 2.70. The molecule has 0 aliphatic carbocycles. The molecule has 6 heteroatoms. The van der Waals surface area contributed by atoms with Gasteiger partial charge in [-0.25, -0.2) is 4.98 Å². The van der Waals surface area contributed by atoms with Gasteiger partial charge < -0.3 is 10.1 Å². The summed E-state index contributed by atoms with van der Waals surface area (Å²) in [7, 11) is 0. The standard InChI is InChI=1S/C23H28N4O2/c1-17-10-5-6-11-18(17)29-15-9-13-22(28)25-21-16-19(23(2,3)4)26-27(21)20-12-7-8-14-24-20/h5-8,10-12,14,16H,9,13,15H2,1-4H3,(H,25,28). The van der Waals surface area contributed by atoms with Crippen LogP contribution in [-0.2, 0) is 10.2 Å². The van der Waals surface area contributed by atoms with E-state index in [1.54, 1.807) is 10.9 Å². The van der Waals surface area contributed by atoms with Crippen LogP contribution in [0.25, 0.3) is 5.82 Å². The SMILES string of the molecule is Cc1ccccc1OCCCC(=O)Nc1cc(C(C)(C)C)nn1-c1ccccn1. The highest BCUT2D eigenvalue weighted by molar-refractivity contribution is 5.90. The molecule has 0 aliphatic heterocycles. The molecule has 3 aromatic rings. The average Bonchev–Trinajstić information content (AvgIpc) is 3.11. The van der Waals surface area contributed by atoms with E-state index in [0.29, 0.717) is 31.1 Å². The fourth-order valence-corrected chi connectivity index (χ4v) is 2.83. The lowest BCUT2D eigenvalue weighted by Crippen LogP contribution is -2.16. The number of carbonyl (C=O) groups is 1. The number of amides is 1. The minimum atomic E-state index is -0.138. The summed E-state index contributed by atoms with van der Waals surface area (Å²) < 4.78 is 7.45. The Morgan fingerprint density at radius 1 is 1.14 bits per heavy atom. The zero-order valence-electron chi connectivity index (χ0n) is 17.5. The first kappa shape index (κ1) is 20.6. The molecule has 6 nitrogen and oxygen atoms in total. The van der Waals surface area contributed by atoms with E-state index in [4.69, 9.17) is 4.74 Å². The maximum absolute atomic E-state index is 12.5. The van der Waals surface area contributed by atoms with Gasteiger partial charge in [-0.15, -0.1) is 0 Å². The number of hydrogen-bond donors (Lipinski definition) is 1. The Labute approximate surface area is 171 Å². The maximum Gasteiger partial charge on any atom is 0.225 e. The number of nitrogens with zero attached hydrogens (tertiary/aromatic N) is 3. The summed E-state index contributed by atoms with van der Waals surface area (Å²) in [5.74, 6) is 2.08. The molecule has 2 aromatic heterocycles. The third-order valence-electron chi connectivity index (χ3n) is 4.51. The van der Waals surface area contributed by atoms with Crippen molar-refractivity contribution in [3.8, 4) is 11.6 Å². The first-order chi connectivity index (χ1) is 13.8. The molecule has 0 spiro atoms. The van der Waals surface area contributed by atoms with Crippen molar-refractivity contribution in [2.24, 2.45) is 0 Å². The number of hydrogen-bond acceptors (Lipinski definition) is 4. The van der Waals surface area contributed by atoms with Crippen LogP contribution in [0.2, 0.25) is 0 Å². The van der Waals surface area contributed by atoms with E-state index in [9.17, 15) is 4.79 Å². The van der Waals surface area contributed by atoms with Gasteiger partial charge in [-0.2, -0.15) is 9.78 Å². The number of anilines is 1. The van der Waals surface area contributed by atoms with E-state index in [-0.39, 0.29) is 11.3 Å². The molecular formula is C23H28N4O2. The van der Waals surface area contributed by atoms with E-state index in [1.165, 1.54) is 0 Å². The van der Waals surface area contributed by atoms with Crippen LogP contribution in [0.15, 0.2) is 54.7 Å². The van der Waals surface area contributed by atoms with Crippen molar-refractivity contribution in [3.63, 3.8) is 0 Å². The van der Waals surface area contributed by atoms with Crippen molar-refractivity contribution in [2.45, 2.75) is 46.0 Å². The highest BCUT2D eigenvalue weighted by atomic mass is 16.5. The smallest absolute Gasteiger partial charge is 0.225 e. The molecule has 1 aromatic carbocycles. The van der Waals surface area contributed by atoms with Crippen LogP contribution in [0.1, 0.15) is 44.9 Å². The number of ether oxygens (including phenoxy) is 1. The Morgan fingerprint density at radius 3 is 2.59 bits per heavy atom. The third-order valence-corrected chi connectivity index (χ3v) is 4.51. The Bertz CT molecular complexity index is 959. The minimum absolute atomic E-state index is 0.0732. The molecule has 1 N–H and O–H groups in total. The molecule has 1 amide bonds. The van der Waals surface area contributed by atoms with Crippen molar-refractivity contribution in [2.75, 3.05) is 11.9 Å². The molecule has 0 fully saturated rings. The van der Waals surface area contributed by atoms with Gasteiger partial charge in [-0.3, -0.25) is 4.79 Å². The minimum Gasteiger partial charge on any atom is -0.493 e. The largest absolute Gasteiger partial charge is 0.493 e. The van der Waals surface area contributed by atoms with Crippen LogP contribution in [0.5, 0.6) is 5.75 Å². The Kier molecular flexibility index (Phi) is 6.32. The molecule has 0 unspecified atom stereocenters. The average molecular weight is 393 g/mol. The summed E-state index contributed by atoms with van der Waals surface area (Å²) in [6.45, 7) is 8.77. The van der Waals surface area contributed by atoms with E-state index >= 15 is 0 Å². The Balaban J connectivity index is 1.63. The van der Waals surface area contributed by atoms with Crippen molar-refractivity contribution in [1.82, 2.24) is 14.8 Å². The molecule has 152 valence electrons. The zero-order valence-corrected chi connectivity index (χ0v) is 17.5. The predicted molar refractivity (Wildman–Crippen MR) is 115 cm³/mol. The number of pyridine rings is 1. The highest BCUT2D eigenvalue weighted by Gasteiger charge is 2.21. The molecule has 0 saturated carbocycles. The van der Waals surface area contributed by atoms with E-state index in [2.05, 4.69) is 36.2 Å². The number of para-hydroxylation sites is 1. The van der Waals surface area contributed by atoms with Gasteiger partial charge >= 0.3 is 0 Å². The van der Waals surface area contributed by atoms with Crippen LogP contribution in [-0.4, -0.2) is 27.3 Å². The zero-order chi connectivity index (χ0) is 20.9. The maximum atomic E-state index is 12.5. The second-order valence-corrected chi connectivity index (χ2v) is 8.03. The second-order valence-electron chi connectivity index (χ2n) is 8.03. The second kappa shape index (κ2) is 8.90. The van der Waals surface area contributed by atoms with Gasteiger partial charge in [0.05, 0.1) is 12.3 Å². The molecular weight excluding hydrogens is 364 g/mol. The first-order valence-electron chi connectivity index (χ1n) is 9.85. The molecule has 2 heterocycles. The van der Waals surface area contributed by atoms with E-state index < -0.39 is 0 Å². The third kappa shape index (κ3) is 5.44. The molecule has 0 atom stereocenters. The molecule has 29 heavy (non-hydrogen) atoms. The topological polar surface area (TPSA) is 69.0 Å². The van der Waals surface area contributed by atoms with Gasteiger partial charge in [0.2, 0.25) is 5.91 Å². The number of benzene rings is 1. The van der Waals surface area contributed by atoms with Gasteiger partial charge in [0, 0.05) is 24.1 Å². The van der Waals surface area contributed by atoms with Crippen LogP contribution in [0.4, 0.5) is 5.82 Å². The van der Waals surface area contributed by atoms with Crippen LogP contribution >= 0.6 is 0 Å². The molecule has 0 radical (unpaired) electrons. The Hall–Kier alpha value is -3.15. The van der Waals surface area contributed by atoms with Crippen molar-refractivity contribution in [3.05, 3.63) is 66.0 Å². The summed E-state index contributed by atoms with van der Waals surface area (Å²) in [5, 5.41) is 7.64. The summed E-state index contributed by atoms with van der Waals surface area (Å²) in [6, 6.07) is 15.4. The normalized spacial score (nSPS) is 11.3. The highest BCUT2D eigenvalue weighted by Crippen LogP contribution is 2.26. The van der Waals surface area contributed by atoms with Gasteiger partial charge in [-0.05, 0) is 37.1 Å². The van der Waals surface area contributed by atoms with Gasteiger partial charge in [0.25, 0.3) is 0 Å². The van der Waals surface area contributed by atoms with Gasteiger partial charge in [0.15, 0.2) is 5.82 Å². The van der Waals surface area contributed by atoms with Crippen LogP contribution in [0.3, 0.4) is 0 Å². The molecule has 0 saturated heterocycles. The fraction of sp³-hybridized carbons (Fsp3) is 0.348. The predicted octanol–water partition coefficient (Wildman–Crippen LogP) is 4.67. The number of carbonyl (C=O) groups excluding carboxylic acids is 1. The van der Waals surface area contributed by atoms with Gasteiger partial charge in [-0.1, -0.05) is 45.0 Å². The van der Waals surface area contributed by atoms with Crippen LogP contribution < -0.4 is 10.1 Å². The van der Waals surface area contributed by atoms with Crippen molar-refractivity contribution in [1.29, 1.82) is 0 Å². The summed E-state index contributed by atoms with van der Waals surface area (Å²) >= 11 is 0. The summed E-state index contributed by atoms with van der Waals surface area (Å²) in [5.41, 5.74) is 1.84. The quantitative estimate of drug-likeness (QED) is 0.593. The van der Waals surface area contributed by atoms with Crippen LogP contribution in [0, 0.1) is 6.92 Å².